The van der Waals surface area contributed by atoms with Crippen LogP contribution in [0, 0.1) is 5.92 Å². The molecule has 0 spiro atoms. The molecule has 31 heavy (non-hydrogen) atoms. The van der Waals surface area contributed by atoms with Crippen LogP contribution in [-0.4, -0.2) is 40.5 Å². The summed E-state index contributed by atoms with van der Waals surface area (Å²) in [6, 6.07) is 9.74. The van der Waals surface area contributed by atoms with Gasteiger partial charge >= 0.3 is 5.97 Å². The third kappa shape index (κ3) is 3.82. The number of carbonyl (C=O) groups excluding carboxylic acids is 1. The molecule has 164 valence electrons. The zero-order chi connectivity index (χ0) is 22.0. The second kappa shape index (κ2) is 8.92. The highest BCUT2D eigenvalue weighted by atomic mass is 16.5. The molecule has 0 radical (unpaired) electrons. The van der Waals surface area contributed by atoms with E-state index >= 15 is 0 Å². The highest BCUT2D eigenvalue weighted by Crippen LogP contribution is 2.46. The molecule has 1 saturated heterocycles. The zero-order valence-corrected chi connectivity index (χ0v) is 18.4. The lowest BCUT2D eigenvalue weighted by molar-refractivity contribution is -0.135. The number of methoxy groups -OCH3 is 3. The van der Waals surface area contributed by atoms with Crippen LogP contribution in [0.15, 0.2) is 35.9 Å². The van der Waals surface area contributed by atoms with E-state index in [2.05, 4.69) is 6.92 Å². The number of benzene rings is 2. The SMILES string of the molecule is CCCCOc1ccc(C2=C3C(=O)OC[C@H]3Cc3cc(OC)c(OC)cc32)cc1OC. The van der Waals surface area contributed by atoms with Crippen molar-refractivity contribution in [2.45, 2.75) is 26.2 Å². The van der Waals surface area contributed by atoms with Gasteiger partial charge in [-0.15, -0.1) is 0 Å². The Morgan fingerprint density at radius 1 is 0.968 bits per heavy atom. The third-order valence-electron chi connectivity index (χ3n) is 5.87. The Bertz CT molecular complexity index is 1020. The molecule has 0 amide bonds. The van der Waals surface area contributed by atoms with Gasteiger partial charge in [0.2, 0.25) is 0 Å². The number of fused-ring (bicyclic) bond motifs is 2. The minimum absolute atomic E-state index is 0.0135. The molecule has 0 saturated carbocycles. The molecule has 6 heteroatoms. The normalized spacial score (nSPS) is 17.0. The maximum Gasteiger partial charge on any atom is 0.335 e. The number of hydrogen-bond acceptors (Lipinski definition) is 6. The molecule has 0 N–H and O–H groups in total. The Morgan fingerprint density at radius 3 is 2.39 bits per heavy atom. The first-order valence-electron chi connectivity index (χ1n) is 10.6. The molecule has 1 fully saturated rings. The molecule has 1 aliphatic carbocycles. The molecule has 6 nitrogen and oxygen atoms in total. The molecule has 2 aromatic rings. The van der Waals surface area contributed by atoms with Gasteiger partial charge in [0.05, 0.1) is 40.1 Å². The number of rotatable bonds is 8. The van der Waals surface area contributed by atoms with Gasteiger partial charge in [-0.1, -0.05) is 19.4 Å². The van der Waals surface area contributed by atoms with Crippen molar-refractivity contribution in [3.05, 3.63) is 52.6 Å². The first-order valence-corrected chi connectivity index (χ1v) is 10.6. The monoisotopic (exact) mass is 424 g/mol. The molecule has 4 rings (SSSR count). The van der Waals surface area contributed by atoms with Crippen molar-refractivity contribution in [2.24, 2.45) is 5.92 Å². The standard InChI is InChI=1S/C25H28O6/c1-5-6-9-30-19-8-7-15(11-20(19)27-2)23-18-13-22(29-4)21(28-3)12-16(18)10-17-14-31-25(26)24(17)23/h7-8,11-13,17H,5-6,9-10,14H2,1-4H3/t17-/m1/s1. The van der Waals surface area contributed by atoms with Crippen molar-refractivity contribution in [3.63, 3.8) is 0 Å². The molecule has 1 heterocycles. The molecule has 1 aliphatic heterocycles. The maximum atomic E-state index is 12.7. The van der Waals surface area contributed by atoms with Gasteiger partial charge in [-0.25, -0.2) is 4.79 Å². The molecule has 0 bridgehead atoms. The van der Waals surface area contributed by atoms with Crippen molar-refractivity contribution in [2.75, 3.05) is 34.5 Å². The summed E-state index contributed by atoms with van der Waals surface area (Å²) in [7, 11) is 4.86. The van der Waals surface area contributed by atoms with Crippen molar-refractivity contribution < 1.29 is 28.5 Å². The molecule has 2 aliphatic rings. The van der Waals surface area contributed by atoms with Crippen LogP contribution in [0.3, 0.4) is 0 Å². The van der Waals surface area contributed by atoms with Crippen LogP contribution in [0.5, 0.6) is 23.0 Å². The van der Waals surface area contributed by atoms with Gasteiger partial charge in [-0.05, 0) is 53.8 Å². The summed E-state index contributed by atoms with van der Waals surface area (Å²) in [5.74, 6) is 2.38. The fourth-order valence-corrected chi connectivity index (χ4v) is 4.28. The van der Waals surface area contributed by atoms with Gasteiger partial charge < -0.3 is 23.7 Å². The first-order chi connectivity index (χ1) is 15.1. The van der Waals surface area contributed by atoms with E-state index in [1.807, 2.05) is 30.3 Å². The second-order valence-electron chi connectivity index (χ2n) is 7.72. The lowest BCUT2D eigenvalue weighted by atomic mass is 9.77. The van der Waals surface area contributed by atoms with Gasteiger partial charge in [-0.3, -0.25) is 0 Å². The van der Waals surface area contributed by atoms with Crippen LogP contribution in [0.25, 0.3) is 5.57 Å². The van der Waals surface area contributed by atoms with Crippen LogP contribution < -0.4 is 18.9 Å². The van der Waals surface area contributed by atoms with Crippen molar-refractivity contribution in [1.29, 1.82) is 0 Å². The highest BCUT2D eigenvalue weighted by Gasteiger charge is 2.39. The fourth-order valence-electron chi connectivity index (χ4n) is 4.28. The summed E-state index contributed by atoms with van der Waals surface area (Å²) in [5.41, 5.74) is 4.49. The highest BCUT2D eigenvalue weighted by molar-refractivity contribution is 6.05. The van der Waals surface area contributed by atoms with Gasteiger partial charge in [0.1, 0.15) is 0 Å². The van der Waals surface area contributed by atoms with Gasteiger partial charge in [-0.2, -0.15) is 0 Å². The maximum absolute atomic E-state index is 12.7. The Labute approximate surface area is 182 Å². The van der Waals surface area contributed by atoms with E-state index in [-0.39, 0.29) is 11.9 Å². The first kappa shape index (κ1) is 21.1. The third-order valence-corrected chi connectivity index (χ3v) is 5.87. The quantitative estimate of drug-likeness (QED) is 0.462. The van der Waals surface area contributed by atoms with Crippen LogP contribution in [0.4, 0.5) is 0 Å². The van der Waals surface area contributed by atoms with Gasteiger partial charge in [0.25, 0.3) is 0 Å². The number of hydrogen-bond donors (Lipinski definition) is 0. The molecule has 1 atom stereocenters. The van der Waals surface area contributed by atoms with Crippen LogP contribution in [-0.2, 0) is 16.0 Å². The Balaban J connectivity index is 1.86. The smallest absolute Gasteiger partial charge is 0.335 e. The van der Waals surface area contributed by atoms with Crippen molar-refractivity contribution in [3.8, 4) is 23.0 Å². The summed E-state index contributed by atoms with van der Waals surface area (Å²) >= 11 is 0. The number of cyclic esters (lactones) is 1. The molecule has 2 aromatic carbocycles. The fraction of sp³-hybridized carbons (Fsp3) is 0.400. The minimum Gasteiger partial charge on any atom is -0.493 e. The van der Waals surface area contributed by atoms with Crippen molar-refractivity contribution >= 4 is 11.5 Å². The summed E-state index contributed by atoms with van der Waals surface area (Å²) in [6.45, 7) is 3.15. The zero-order valence-electron chi connectivity index (χ0n) is 18.4. The number of carbonyl (C=O) groups is 1. The van der Waals surface area contributed by atoms with E-state index in [0.717, 1.165) is 41.5 Å². The van der Waals surface area contributed by atoms with Gasteiger partial charge in [0, 0.05) is 11.5 Å². The van der Waals surface area contributed by atoms with E-state index in [4.69, 9.17) is 23.7 Å². The second-order valence-corrected chi connectivity index (χ2v) is 7.72. The minimum atomic E-state index is -0.261. The van der Waals surface area contributed by atoms with Crippen LogP contribution in [0.1, 0.15) is 36.5 Å². The summed E-state index contributed by atoms with van der Waals surface area (Å²) in [4.78, 5) is 12.7. The Hall–Kier alpha value is -3.15. The predicted molar refractivity (Wildman–Crippen MR) is 117 cm³/mol. The number of esters is 1. The Kier molecular flexibility index (Phi) is 6.07. The lowest BCUT2D eigenvalue weighted by Gasteiger charge is -2.26. The van der Waals surface area contributed by atoms with Crippen LogP contribution in [0.2, 0.25) is 0 Å². The number of ether oxygens (including phenoxy) is 5. The molecule has 0 unspecified atom stereocenters. The average molecular weight is 424 g/mol. The number of unbranched alkanes of at least 4 members (excludes halogenated alkanes) is 1. The summed E-state index contributed by atoms with van der Waals surface area (Å²) in [6.07, 6.45) is 2.75. The summed E-state index contributed by atoms with van der Waals surface area (Å²) in [5, 5.41) is 0. The van der Waals surface area contributed by atoms with Crippen LogP contribution >= 0.6 is 0 Å². The predicted octanol–water partition coefficient (Wildman–Crippen LogP) is 4.42. The largest absolute Gasteiger partial charge is 0.493 e. The van der Waals surface area contributed by atoms with Gasteiger partial charge in [0.15, 0.2) is 23.0 Å². The van der Waals surface area contributed by atoms with E-state index in [1.54, 1.807) is 21.3 Å². The molecule has 0 aromatic heterocycles. The van der Waals surface area contributed by atoms with E-state index in [9.17, 15) is 4.79 Å². The van der Waals surface area contributed by atoms with Crippen molar-refractivity contribution in [1.82, 2.24) is 0 Å². The lowest BCUT2D eigenvalue weighted by Crippen LogP contribution is -2.17. The Morgan fingerprint density at radius 2 is 1.68 bits per heavy atom. The topological polar surface area (TPSA) is 63.2 Å². The molecular formula is C25H28O6. The van der Waals surface area contributed by atoms with E-state index in [1.165, 1.54) is 0 Å². The van der Waals surface area contributed by atoms with E-state index in [0.29, 0.717) is 41.8 Å². The molecular weight excluding hydrogens is 396 g/mol. The average Bonchev–Trinajstić information content (AvgIpc) is 3.17. The summed E-state index contributed by atoms with van der Waals surface area (Å²) < 4.78 is 28.0. The van der Waals surface area contributed by atoms with E-state index < -0.39 is 0 Å².